The van der Waals surface area contributed by atoms with Crippen LogP contribution >= 0.6 is 0 Å². The molecule has 12 nitrogen and oxygen atoms in total. The van der Waals surface area contributed by atoms with Gasteiger partial charge in [-0.15, -0.1) is 0 Å². The zero-order valence-electron chi connectivity index (χ0n) is 21.8. The van der Waals surface area contributed by atoms with Gasteiger partial charge in [-0.05, 0) is 62.2 Å². The number of morpholine rings is 1. The maximum Gasteiger partial charge on any atom is 0.328 e. The van der Waals surface area contributed by atoms with Gasteiger partial charge in [0.2, 0.25) is 0 Å². The number of halogens is 1. The number of hydrogen-bond donors (Lipinski definition) is 4. The predicted octanol–water partition coefficient (Wildman–Crippen LogP) is 1.01. The van der Waals surface area contributed by atoms with Gasteiger partial charge in [0.25, 0.3) is 17.7 Å². The van der Waals surface area contributed by atoms with Crippen molar-refractivity contribution in [2.75, 3.05) is 36.5 Å². The summed E-state index contributed by atoms with van der Waals surface area (Å²) in [6.45, 7) is 2.05. The van der Waals surface area contributed by atoms with Crippen LogP contribution in [0.2, 0.25) is 0 Å². The summed E-state index contributed by atoms with van der Waals surface area (Å²) in [5.74, 6) is -3.75. The molecule has 0 unspecified atom stereocenters. The first kappa shape index (κ1) is 28.6. The summed E-state index contributed by atoms with van der Waals surface area (Å²) in [7, 11) is 0. The highest BCUT2D eigenvalue weighted by atomic mass is 19.1. The second kappa shape index (κ2) is 12.2. The number of likely N-dealkylation sites (tertiary alicyclic amines) is 1. The summed E-state index contributed by atoms with van der Waals surface area (Å²) in [6, 6.07) is 8.62. The summed E-state index contributed by atoms with van der Waals surface area (Å²) in [5.41, 5.74) is 6.13. The van der Waals surface area contributed by atoms with Crippen LogP contribution in [0.4, 0.5) is 15.8 Å². The Morgan fingerprint density at radius 1 is 1.20 bits per heavy atom. The molecule has 4 rings (SSSR count). The fourth-order valence-electron chi connectivity index (χ4n) is 4.69. The number of benzene rings is 2. The lowest BCUT2D eigenvalue weighted by atomic mass is 10.1. The molecule has 2 aromatic carbocycles. The van der Waals surface area contributed by atoms with E-state index in [-0.39, 0.29) is 36.8 Å². The highest BCUT2D eigenvalue weighted by Crippen LogP contribution is 2.27. The van der Waals surface area contributed by atoms with Crippen molar-refractivity contribution in [1.29, 1.82) is 5.41 Å². The van der Waals surface area contributed by atoms with E-state index in [2.05, 4.69) is 5.32 Å². The lowest BCUT2D eigenvalue weighted by Crippen LogP contribution is -2.55. The molecule has 0 radical (unpaired) electrons. The SMILES string of the molecule is CCOC(=O)[C@@H]1CCCN1C(=O)c1cc(F)cc(N2CCO[C@H]([C@@H](O)C(=O)Nc3ccc(C(=N)N)cc3)C2=O)c1. The van der Waals surface area contributed by atoms with Gasteiger partial charge in [-0.3, -0.25) is 19.8 Å². The maximum atomic E-state index is 14.7. The van der Waals surface area contributed by atoms with Crippen molar-refractivity contribution in [1.82, 2.24) is 4.90 Å². The lowest BCUT2D eigenvalue weighted by molar-refractivity contribution is -0.150. The third-order valence-electron chi connectivity index (χ3n) is 6.65. The van der Waals surface area contributed by atoms with Crippen LogP contribution in [0.15, 0.2) is 42.5 Å². The number of aliphatic hydroxyl groups excluding tert-OH is 1. The smallest absolute Gasteiger partial charge is 0.328 e. The van der Waals surface area contributed by atoms with Crippen molar-refractivity contribution in [2.24, 2.45) is 5.73 Å². The van der Waals surface area contributed by atoms with Gasteiger partial charge in [0.15, 0.2) is 12.2 Å². The number of aliphatic hydroxyl groups is 1. The van der Waals surface area contributed by atoms with Crippen LogP contribution < -0.4 is 16.0 Å². The van der Waals surface area contributed by atoms with E-state index in [1.807, 2.05) is 0 Å². The van der Waals surface area contributed by atoms with Crippen molar-refractivity contribution in [3.63, 3.8) is 0 Å². The number of amidine groups is 1. The predicted molar refractivity (Wildman–Crippen MR) is 141 cm³/mol. The van der Waals surface area contributed by atoms with Crippen LogP contribution in [0, 0.1) is 11.2 Å². The fraction of sp³-hybridized carbons (Fsp3) is 0.370. The van der Waals surface area contributed by atoms with Crippen LogP contribution in [0.25, 0.3) is 0 Å². The molecule has 2 saturated heterocycles. The molecule has 212 valence electrons. The van der Waals surface area contributed by atoms with Crippen LogP contribution in [-0.4, -0.2) is 84.1 Å². The molecule has 2 aliphatic heterocycles. The van der Waals surface area contributed by atoms with Crippen molar-refractivity contribution in [2.45, 2.75) is 38.0 Å². The number of nitrogens with zero attached hydrogens (tertiary/aromatic N) is 2. The number of hydrogen-bond acceptors (Lipinski definition) is 8. The minimum Gasteiger partial charge on any atom is -0.464 e. The molecule has 0 spiro atoms. The number of carbonyl (C=O) groups is 4. The summed E-state index contributed by atoms with van der Waals surface area (Å²) in [4.78, 5) is 53.9. The van der Waals surface area contributed by atoms with Crippen molar-refractivity contribution in [3.8, 4) is 0 Å². The van der Waals surface area contributed by atoms with Gasteiger partial charge in [0.05, 0.1) is 13.2 Å². The van der Waals surface area contributed by atoms with Gasteiger partial charge in [-0.1, -0.05) is 0 Å². The molecule has 0 bridgehead atoms. The molecular formula is C27H30FN5O7. The Balaban J connectivity index is 1.49. The maximum absolute atomic E-state index is 14.7. The third-order valence-corrected chi connectivity index (χ3v) is 6.65. The first-order chi connectivity index (χ1) is 19.1. The number of nitrogens with one attached hydrogen (secondary N) is 2. The number of nitrogen functional groups attached to an aromatic ring is 1. The number of anilines is 2. The Bertz CT molecular complexity index is 1320. The summed E-state index contributed by atoms with van der Waals surface area (Å²) < 4.78 is 25.1. The topological polar surface area (TPSA) is 175 Å². The first-order valence-electron chi connectivity index (χ1n) is 12.7. The Morgan fingerprint density at radius 3 is 2.60 bits per heavy atom. The van der Waals surface area contributed by atoms with Gasteiger partial charge in [-0.25, -0.2) is 9.18 Å². The number of esters is 1. The molecule has 2 fully saturated rings. The highest BCUT2D eigenvalue weighted by molar-refractivity contribution is 6.05. The molecular weight excluding hydrogens is 525 g/mol. The molecule has 2 aromatic rings. The Hall–Kier alpha value is -4.36. The van der Waals surface area contributed by atoms with Gasteiger partial charge in [0.1, 0.15) is 17.7 Å². The van der Waals surface area contributed by atoms with E-state index in [0.29, 0.717) is 30.6 Å². The summed E-state index contributed by atoms with van der Waals surface area (Å²) in [6.07, 6.45) is -2.47. The summed E-state index contributed by atoms with van der Waals surface area (Å²) in [5, 5.41) is 20.5. The van der Waals surface area contributed by atoms with Crippen molar-refractivity contribution < 1.29 is 38.1 Å². The fourth-order valence-corrected chi connectivity index (χ4v) is 4.69. The molecule has 3 atom stereocenters. The van der Waals surface area contributed by atoms with Crippen LogP contribution in [0.5, 0.6) is 0 Å². The highest BCUT2D eigenvalue weighted by Gasteiger charge is 2.40. The molecule has 2 heterocycles. The largest absolute Gasteiger partial charge is 0.464 e. The zero-order chi connectivity index (χ0) is 29.0. The molecule has 13 heteroatoms. The van der Waals surface area contributed by atoms with E-state index in [9.17, 15) is 28.7 Å². The van der Waals surface area contributed by atoms with Crippen LogP contribution in [-0.2, 0) is 23.9 Å². The standard InChI is InChI=1S/C27H30FN5O7/c1-2-39-27(38)20-4-3-9-33(20)25(36)16-12-17(28)14-19(13-16)32-10-11-40-22(26(32)37)21(34)24(35)31-18-7-5-15(6-8-18)23(29)30/h5-8,12-14,20-22,34H,2-4,9-11H2,1H3,(H3,29,30)(H,31,35)/t20-,21+,22+/m0/s1. The number of rotatable bonds is 8. The van der Waals surface area contributed by atoms with Gasteiger partial charge in [-0.2, -0.15) is 0 Å². The quantitative estimate of drug-likeness (QED) is 0.212. The normalized spacial score (nSPS) is 19.7. The van der Waals surface area contributed by atoms with E-state index in [0.717, 1.165) is 17.0 Å². The first-order valence-corrected chi connectivity index (χ1v) is 12.7. The van der Waals surface area contributed by atoms with Gasteiger partial charge < -0.3 is 35.4 Å². The molecule has 0 aromatic heterocycles. The lowest BCUT2D eigenvalue weighted by Gasteiger charge is -2.34. The second-order valence-electron chi connectivity index (χ2n) is 9.31. The van der Waals surface area contributed by atoms with Crippen molar-refractivity contribution >= 4 is 40.9 Å². The van der Waals surface area contributed by atoms with E-state index in [1.54, 1.807) is 6.92 Å². The molecule has 2 aliphatic rings. The molecule has 3 amide bonds. The van der Waals surface area contributed by atoms with E-state index in [4.69, 9.17) is 20.6 Å². The number of ether oxygens (including phenoxy) is 2. The molecule has 40 heavy (non-hydrogen) atoms. The van der Waals surface area contributed by atoms with Gasteiger partial charge >= 0.3 is 5.97 Å². The molecule has 0 saturated carbocycles. The number of amides is 3. The van der Waals surface area contributed by atoms with E-state index < -0.39 is 47.8 Å². The van der Waals surface area contributed by atoms with Crippen molar-refractivity contribution in [3.05, 3.63) is 59.4 Å². The van der Waals surface area contributed by atoms with Crippen LogP contribution in [0.3, 0.4) is 0 Å². The zero-order valence-corrected chi connectivity index (χ0v) is 21.8. The molecule has 5 N–H and O–H groups in total. The van der Waals surface area contributed by atoms with E-state index in [1.165, 1.54) is 35.2 Å². The van der Waals surface area contributed by atoms with E-state index >= 15 is 0 Å². The average molecular weight is 556 g/mol. The monoisotopic (exact) mass is 555 g/mol. The summed E-state index contributed by atoms with van der Waals surface area (Å²) >= 11 is 0. The minimum atomic E-state index is -1.90. The van der Waals surface area contributed by atoms with Crippen LogP contribution in [0.1, 0.15) is 35.7 Å². The Labute approximate surface area is 229 Å². The Morgan fingerprint density at radius 2 is 1.93 bits per heavy atom. The number of carbonyl (C=O) groups excluding carboxylic acids is 4. The third kappa shape index (κ3) is 6.10. The number of nitrogens with two attached hydrogens (primary N) is 1. The molecule has 0 aliphatic carbocycles. The minimum absolute atomic E-state index is 0.0115. The Kier molecular flexibility index (Phi) is 8.75. The van der Waals surface area contributed by atoms with Gasteiger partial charge in [0, 0.05) is 35.6 Å². The second-order valence-corrected chi connectivity index (χ2v) is 9.31. The average Bonchev–Trinajstić information content (AvgIpc) is 3.42.